The molecule has 0 aliphatic carbocycles. The van der Waals surface area contributed by atoms with Gasteiger partial charge in [0.1, 0.15) is 11.5 Å². The first-order chi connectivity index (χ1) is 18.5. The highest BCUT2D eigenvalue weighted by atomic mass is 16.5. The van der Waals surface area contributed by atoms with Crippen LogP contribution in [0.25, 0.3) is 17.5 Å². The van der Waals surface area contributed by atoms with Crippen LogP contribution < -0.4 is 4.74 Å². The second-order valence-electron chi connectivity index (χ2n) is 9.11. The zero-order chi connectivity index (χ0) is 26.5. The number of carbonyl (C=O) groups is 2. The highest BCUT2D eigenvalue weighted by molar-refractivity contribution is 5.95. The fourth-order valence-electron chi connectivity index (χ4n) is 4.64. The molecule has 7 heteroatoms. The molecule has 192 valence electrons. The number of carboxylic acids is 1. The Morgan fingerprint density at radius 3 is 2.55 bits per heavy atom. The fourth-order valence-corrected chi connectivity index (χ4v) is 4.64. The van der Waals surface area contributed by atoms with E-state index in [1.165, 1.54) is 11.0 Å². The number of benzene rings is 3. The van der Waals surface area contributed by atoms with E-state index in [1.807, 2.05) is 79.7 Å². The number of aryl methyl sites for hydroxylation is 1. The molecule has 3 aromatic carbocycles. The molecule has 7 nitrogen and oxygen atoms in total. The lowest BCUT2D eigenvalue weighted by Gasteiger charge is -2.34. The first-order valence-electron chi connectivity index (χ1n) is 12.5. The lowest BCUT2D eigenvalue weighted by atomic mass is 9.92. The van der Waals surface area contributed by atoms with Gasteiger partial charge < -0.3 is 19.2 Å². The molecule has 5 rings (SSSR count). The summed E-state index contributed by atoms with van der Waals surface area (Å²) in [5, 5.41) is 10.1. The van der Waals surface area contributed by atoms with Gasteiger partial charge in [0.15, 0.2) is 6.04 Å². The van der Waals surface area contributed by atoms with E-state index in [1.54, 1.807) is 12.1 Å². The summed E-state index contributed by atoms with van der Waals surface area (Å²) in [6.45, 7) is 2.56. The number of hydrogen-bond donors (Lipinski definition) is 1. The topological polar surface area (TPSA) is 92.9 Å². The van der Waals surface area contributed by atoms with Crippen molar-refractivity contribution in [1.82, 2.24) is 9.88 Å². The van der Waals surface area contributed by atoms with Gasteiger partial charge in [0.2, 0.25) is 11.8 Å². The molecular formula is C31H28N2O5. The zero-order valence-electron chi connectivity index (χ0n) is 21.0. The molecule has 2 heterocycles. The lowest BCUT2D eigenvalue weighted by Crippen LogP contribution is -2.42. The summed E-state index contributed by atoms with van der Waals surface area (Å²) in [5.74, 6) is 0.447. The number of aromatic nitrogens is 1. The number of rotatable bonds is 8. The molecule has 0 spiro atoms. The molecule has 0 saturated heterocycles. The van der Waals surface area contributed by atoms with Gasteiger partial charge in [-0.2, -0.15) is 0 Å². The van der Waals surface area contributed by atoms with Crippen LogP contribution in [-0.4, -0.2) is 40.0 Å². The third-order valence-electron chi connectivity index (χ3n) is 6.60. The SMILES string of the molecule is Cc1oc(-c2ccccc2)nc1CCOc1ccc2c(c1)C(C(=O)O)N(C(=O)/C=C/c1ccccc1)CC2. The van der Waals surface area contributed by atoms with Crippen molar-refractivity contribution in [3.05, 3.63) is 113 Å². The van der Waals surface area contributed by atoms with E-state index in [2.05, 4.69) is 4.98 Å². The number of carboxylic acid groups (broad SMARTS) is 1. The number of ether oxygens (including phenoxy) is 1. The molecule has 1 atom stereocenters. The van der Waals surface area contributed by atoms with Gasteiger partial charge in [0, 0.05) is 24.6 Å². The summed E-state index contributed by atoms with van der Waals surface area (Å²) in [6, 6.07) is 23.5. The maximum Gasteiger partial charge on any atom is 0.331 e. The summed E-state index contributed by atoms with van der Waals surface area (Å²) in [6.07, 6.45) is 4.24. The Bertz CT molecular complexity index is 1460. The van der Waals surface area contributed by atoms with Gasteiger partial charge in [0.25, 0.3) is 0 Å². The maximum atomic E-state index is 13.0. The molecule has 1 aliphatic rings. The summed E-state index contributed by atoms with van der Waals surface area (Å²) >= 11 is 0. The number of oxazole rings is 1. The van der Waals surface area contributed by atoms with Crippen LogP contribution in [0.3, 0.4) is 0 Å². The van der Waals surface area contributed by atoms with E-state index in [-0.39, 0.29) is 5.91 Å². The quantitative estimate of drug-likeness (QED) is 0.316. The van der Waals surface area contributed by atoms with Crippen molar-refractivity contribution < 1.29 is 23.8 Å². The fraction of sp³-hybridized carbons (Fsp3) is 0.194. The molecule has 1 amide bonds. The summed E-state index contributed by atoms with van der Waals surface area (Å²) in [4.78, 5) is 31.3. The summed E-state index contributed by atoms with van der Waals surface area (Å²) in [7, 11) is 0. The van der Waals surface area contributed by atoms with E-state index in [4.69, 9.17) is 9.15 Å². The van der Waals surface area contributed by atoms with Crippen molar-refractivity contribution in [2.45, 2.75) is 25.8 Å². The lowest BCUT2D eigenvalue weighted by molar-refractivity contribution is -0.149. The normalized spacial score (nSPS) is 14.9. The monoisotopic (exact) mass is 508 g/mol. The molecule has 1 N–H and O–H groups in total. The average molecular weight is 509 g/mol. The molecule has 4 aromatic rings. The number of carbonyl (C=O) groups excluding carboxylic acids is 1. The van der Waals surface area contributed by atoms with E-state index >= 15 is 0 Å². The van der Waals surface area contributed by atoms with E-state index in [9.17, 15) is 14.7 Å². The van der Waals surface area contributed by atoms with E-state index in [0.29, 0.717) is 43.2 Å². The van der Waals surface area contributed by atoms with Crippen LogP contribution in [0.15, 0.2) is 89.4 Å². The third kappa shape index (κ3) is 5.52. The van der Waals surface area contributed by atoms with Gasteiger partial charge in [0.05, 0.1) is 12.3 Å². The first-order valence-corrected chi connectivity index (χ1v) is 12.5. The summed E-state index contributed by atoms with van der Waals surface area (Å²) in [5.41, 5.74) is 4.08. The van der Waals surface area contributed by atoms with E-state index in [0.717, 1.165) is 28.1 Å². The van der Waals surface area contributed by atoms with Crippen LogP contribution in [0.5, 0.6) is 5.75 Å². The van der Waals surface area contributed by atoms with Crippen LogP contribution in [0.2, 0.25) is 0 Å². The molecule has 38 heavy (non-hydrogen) atoms. The number of hydrogen-bond acceptors (Lipinski definition) is 5. The number of amides is 1. The highest BCUT2D eigenvalue weighted by Crippen LogP contribution is 2.33. The predicted molar refractivity (Wildman–Crippen MR) is 144 cm³/mol. The van der Waals surface area contributed by atoms with Gasteiger partial charge in [-0.15, -0.1) is 0 Å². The van der Waals surface area contributed by atoms with Gasteiger partial charge >= 0.3 is 5.97 Å². The molecule has 1 aromatic heterocycles. The Balaban J connectivity index is 1.28. The largest absolute Gasteiger partial charge is 0.493 e. The molecule has 0 saturated carbocycles. The third-order valence-corrected chi connectivity index (χ3v) is 6.60. The Morgan fingerprint density at radius 1 is 1.08 bits per heavy atom. The molecular weight excluding hydrogens is 480 g/mol. The average Bonchev–Trinajstić information content (AvgIpc) is 3.32. The molecule has 1 aliphatic heterocycles. The van der Waals surface area contributed by atoms with Crippen LogP contribution >= 0.6 is 0 Å². The van der Waals surface area contributed by atoms with Gasteiger partial charge in [-0.05, 0) is 60.4 Å². The van der Waals surface area contributed by atoms with Crippen molar-refractivity contribution in [2.75, 3.05) is 13.2 Å². The second kappa shape index (κ2) is 11.2. The smallest absolute Gasteiger partial charge is 0.331 e. The molecule has 0 radical (unpaired) electrons. The van der Waals surface area contributed by atoms with Gasteiger partial charge in [-0.25, -0.2) is 9.78 Å². The van der Waals surface area contributed by atoms with Crippen molar-refractivity contribution >= 4 is 18.0 Å². The van der Waals surface area contributed by atoms with Crippen LogP contribution in [0.1, 0.15) is 34.2 Å². The number of fused-ring (bicyclic) bond motifs is 1. The van der Waals surface area contributed by atoms with Crippen LogP contribution in [-0.2, 0) is 22.4 Å². The molecule has 0 fully saturated rings. The summed E-state index contributed by atoms with van der Waals surface area (Å²) < 4.78 is 11.8. The minimum absolute atomic E-state index is 0.331. The first kappa shape index (κ1) is 25.0. The Labute approximate surface area is 221 Å². The van der Waals surface area contributed by atoms with Crippen molar-refractivity contribution in [3.63, 3.8) is 0 Å². The highest BCUT2D eigenvalue weighted by Gasteiger charge is 2.35. The second-order valence-corrected chi connectivity index (χ2v) is 9.11. The Morgan fingerprint density at radius 2 is 1.82 bits per heavy atom. The van der Waals surface area contributed by atoms with Crippen LogP contribution in [0.4, 0.5) is 0 Å². The van der Waals surface area contributed by atoms with Gasteiger partial charge in [-0.3, -0.25) is 4.79 Å². The standard InChI is InChI=1S/C31H28N2O5/c1-21-27(32-30(38-21)24-10-6-3-7-11-24)17-19-37-25-14-13-23-16-18-33(29(31(35)36)26(23)20-25)28(34)15-12-22-8-4-2-5-9-22/h2-15,20,29H,16-19H2,1H3,(H,35,36)/b15-12+. The molecule has 0 bridgehead atoms. The maximum absolute atomic E-state index is 13.0. The predicted octanol–water partition coefficient (Wildman–Crippen LogP) is 5.50. The van der Waals surface area contributed by atoms with Crippen LogP contribution in [0, 0.1) is 6.92 Å². The zero-order valence-corrected chi connectivity index (χ0v) is 21.0. The van der Waals surface area contributed by atoms with E-state index < -0.39 is 12.0 Å². The minimum atomic E-state index is -1.08. The Hall–Kier alpha value is -4.65. The van der Waals surface area contributed by atoms with Crippen molar-refractivity contribution in [3.8, 4) is 17.2 Å². The van der Waals surface area contributed by atoms with Crippen molar-refractivity contribution in [2.24, 2.45) is 0 Å². The molecule has 1 unspecified atom stereocenters. The van der Waals surface area contributed by atoms with Crippen molar-refractivity contribution in [1.29, 1.82) is 0 Å². The number of nitrogens with zero attached hydrogens (tertiary/aromatic N) is 2. The Kier molecular flexibility index (Phi) is 7.35. The van der Waals surface area contributed by atoms with Gasteiger partial charge in [-0.1, -0.05) is 54.6 Å². The minimum Gasteiger partial charge on any atom is -0.493 e. The number of aliphatic carboxylic acids is 1.